The van der Waals surface area contributed by atoms with Gasteiger partial charge in [-0.25, -0.2) is 0 Å². The van der Waals surface area contributed by atoms with Crippen molar-refractivity contribution in [1.29, 1.82) is 0 Å². The van der Waals surface area contributed by atoms with Gasteiger partial charge in [-0.05, 0) is 12.8 Å². The Bertz CT molecular complexity index is 371. The van der Waals surface area contributed by atoms with Crippen LogP contribution in [-0.4, -0.2) is 59.4 Å². The van der Waals surface area contributed by atoms with Crippen molar-refractivity contribution in [2.75, 3.05) is 5.75 Å². The molecule has 0 bridgehead atoms. The first-order valence-electron chi connectivity index (χ1n) is 8.59. The van der Waals surface area contributed by atoms with Gasteiger partial charge in [-0.2, -0.15) is 8.42 Å². The molecule has 23 heavy (non-hydrogen) atoms. The Labute approximate surface area is 163 Å². The average Bonchev–Trinajstić information content (AvgIpc) is 2.41. The molecule has 0 aliphatic carbocycles. The molecule has 0 amide bonds. The third kappa shape index (κ3) is 24.7. The van der Waals surface area contributed by atoms with Crippen LogP contribution in [0, 0.1) is 0 Å². The summed E-state index contributed by atoms with van der Waals surface area (Å²) < 4.78 is 29.6. The maximum Gasteiger partial charge on any atom is 0.303 e. The Kier molecular flexibility index (Phi) is 19.2. The first-order chi connectivity index (χ1) is 10.4. The molecule has 0 atom stereocenters. The molecule has 5 nitrogen and oxygen atoms in total. The standard InChI is InChI=1S/C16H32O5S.Na/c17-16(18)14-12-10-8-6-4-2-1-3-5-7-9-11-13-15-22(19,20)21;/h1-15H2,(H,17,18)(H,19,20,21);. The molecular weight excluding hydrogens is 327 g/mol. The molecule has 2 N–H and O–H groups in total. The second kappa shape index (κ2) is 17.2. The number of carboxylic acids is 1. The molecule has 0 saturated heterocycles. The van der Waals surface area contributed by atoms with Crippen molar-refractivity contribution in [3.63, 3.8) is 0 Å². The predicted molar refractivity (Wildman–Crippen MR) is 94.4 cm³/mol. The van der Waals surface area contributed by atoms with Crippen molar-refractivity contribution < 1.29 is 22.9 Å². The van der Waals surface area contributed by atoms with Crippen LogP contribution in [0.15, 0.2) is 0 Å². The SMILES string of the molecule is O=C(O)CCCCCCCCCCCCCCCS(=O)(=O)O.[Na]. The molecule has 0 rings (SSSR count). The average molecular weight is 359 g/mol. The predicted octanol–water partition coefficient (Wildman–Crippen LogP) is 4.04. The van der Waals surface area contributed by atoms with Crippen LogP contribution in [0.3, 0.4) is 0 Å². The van der Waals surface area contributed by atoms with E-state index in [1.54, 1.807) is 0 Å². The molecule has 0 aromatic rings. The van der Waals surface area contributed by atoms with Crippen LogP contribution in [0.2, 0.25) is 0 Å². The first-order valence-corrected chi connectivity index (χ1v) is 10.2. The van der Waals surface area contributed by atoms with E-state index in [-0.39, 0.29) is 35.3 Å². The molecule has 0 aliphatic rings. The van der Waals surface area contributed by atoms with E-state index in [1.807, 2.05) is 0 Å². The summed E-state index contributed by atoms with van der Waals surface area (Å²) in [5.41, 5.74) is 0. The summed E-state index contributed by atoms with van der Waals surface area (Å²) in [7, 11) is -3.77. The zero-order valence-corrected chi connectivity index (χ0v) is 17.5. The minimum atomic E-state index is -3.77. The molecule has 7 heteroatoms. The van der Waals surface area contributed by atoms with Gasteiger partial charge in [0.1, 0.15) is 0 Å². The number of aliphatic carboxylic acids is 1. The van der Waals surface area contributed by atoms with Gasteiger partial charge >= 0.3 is 5.97 Å². The third-order valence-electron chi connectivity index (χ3n) is 3.79. The Hall–Kier alpha value is 0.380. The summed E-state index contributed by atoms with van der Waals surface area (Å²) in [4.78, 5) is 10.3. The summed E-state index contributed by atoms with van der Waals surface area (Å²) in [6, 6.07) is 0. The van der Waals surface area contributed by atoms with E-state index in [4.69, 9.17) is 9.66 Å². The normalized spacial score (nSPS) is 11.2. The minimum absolute atomic E-state index is 0. The summed E-state index contributed by atoms with van der Waals surface area (Å²) in [6.45, 7) is 0. The number of carboxylic acid groups (broad SMARTS) is 1. The van der Waals surface area contributed by atoms with Crippen LogP contribution < -0.4 is 0 Å². The number of carbonyl (C=O) groups is 1. The van der Waals surface area contributed by atoms with Crippen molar-refractivity contribution in [3.8, 4) is 0 Å². The van der Waals surface area contributed by atoms with Gasteiger partial charge in [0, 0.05) is 36.0 Å². The molecule has 0 unspecified atom stereocenters. The Balaban J connectivity index is 0. The molecule has 133 valence electrons. The molecule has 0 aliphatic heterocycles. The van der Waals surface area contributed by atoms with Crippen molar-refractivity contribution in [2.24, 2.45) is 0 Å². The number of unbranched alkanes of at least 4 members (excludes halogenated alkanes) is 12. The zero-order valence-electron chi connectivity index (χ0n) is 14.6. The van der Waals surface area contributed by atoms with E-state index in [2.05, 4.69) is 0 Å². The van der Waals surface area contributed by atoms with Crippen LogP contribution in [0.5, 0.6) is 0 Å². The Morgan fingerprint density at radius 2 is 0.957 bits per heavy atom. The third-order valence-corrected chi connectivity index (χ3v) is 4.60. The summed E-state index contributed by atoms with van der Waals surface area (Å²) in [5, 5.41) is 8.50. The molecule has 0 saturated carbocycles. The van der Waals surface area contributed by atoms with E-state index in [1.165, 1.54) is 38.5 Å². The largest absolute Gasteiger partial charge is 0.481 e. The topological polar surface area (TPSA) is 91.7 Å². The first kappa shape index (κ1) is 25.6. The van der Waals surface area contributed by atoms with Gasteiger partial charge in [-0.1, -0.05) is 70.6 Å². The van der Waals surface area contributed by atoms with Gasteiger partial charge in [0.15, 0.2) is 0 Å². The molecule has 0 fully saturated rings. The van der Waals surface area contributed by atoms with Gasteiger partial charge in [0.05, 0.1) is 5.75 Å². The molecule has 1 radical (unpaired) electrons. The van der Waals surface area contributed by atoms with Gasteiger partial charge in [0.25, 0.3) is 10.1 Å². The minimum Gasteiger partial charge on any atom is -0.481 e. The van der Waals surface area contributed by atoms with Gasteiger partial charge in [0.2, 0.25) is 0 Å². The fourth-order valence-electron chi connectivity index (χ4n) is 2.51. The monoisotopic (exact) mass is 359 g/mol. The van der Waals surface area contributed by atoms with E-state index >= 15 is 0 Å². The van der Waals surface area contributed by atoms with Crippen LogP contribution in [0.4, 0.5) is 0 Å². The fourth-order valence-corrected chi connectivity index (χ4v) is 3.07. The summed E-state index contributed by atoms with van der Waals surface area (Å²) in [6.07, 6.45) is 14.2. The number of rotatable bonds is 16. The van der Waals surface area contributed by atoms with Crippen molar-refractivity contribution in [3.05, 3.63) is 0 Å². The van der Waals surface area contributed by atoms with Gasteiger partial charge in [-0.3, -0.25) is 9.35 Å². The number of hydrogen-bond donors (Lipinski definition) is 2. The van der Waals surface area contributed by atoms with E-state index in [0.717, 1.165) is 38.5 Å². The van der Waals surface area contributed by atoms with Crippen LogP contribution >= 0.6 is 0 Å². The fraction of sp³-hybridized carbons (Fsp3) is 0.938. The van der Waals surface area contributed by atoms with Crippen molar-refractivity contribution >= 4 is 45.6 Å². The molecule has 0 heterocycles. The maximum atomic E-state index is 10.5. The second-order valence-electron chi connectivity index (χ2n) is 6.03. The van der Waals surface area contributed by atoms with Crippen LogP contribution in [0.25, 0.3) is 0 Å². The molecular formula is C16H32NaO5S. The quantitative estimate of drug-likeness (QED) is 0.246. The maximum absolute atomic E-state index is 10.5. The van der Waals surface area contributed by atoms with E-state index < -0.39 is 16.1 Å². The summed E-state index contributed by atoms with van der Waals surface area (Å²) >= 11 is 0. The van der Waals surface area contributed by atoms with Crippen molar-refractivity contribution in [1.82, 2.24) is 0 Å². The van der Waals surface area contributed by atoms with Gasteiger partial charge in [-0.15, -0.1) is 0 Å². The van der Waals surface area contributed by atoms with Crippen LogP contribution in [-0.2, 0) is 14.9 Å². The summed E-state index contributed by atoms with van der Waals surface area (Å²) in [5.74, 6) is -0.808. The second-order valence-corrected chi connectivity index (χ2v) is 7.60. The smallest absolute Gasteiger partial charge is 0.303 e. The molecule has 0 aromatic heterocycles. The molecule has 0 aromatic carbocycles. The Morgan fingerprint density at radius 3 is 1.26 bits per heavy atom. The number of hydrogen-bond acceptors (Lipinski definition) is 3. The van der Waals surface area contributed by atoms with Crippen LogP contribution in [0.1, 0.15) is 89.9 Å². The van der Waals surface area contributed by atoms with E-state index in [9.17, 15) is 13.2 Å². The Morgan fingerprint density at radius 1 is 0.652 bits per heavy atom. The van der Waals surface area contributed by atoms with Gasteiger partial charge < -0.3 is 5.11 Å². The van der Waals surface area contributed by atoms with E-state index in [0.29, 0.717) is 12.8 Å². The molecule has 0 spiro atoms. The zero-order chi connectivity index (χ0) is 16.7. The van der Waals surface area contributed by atoms with Crippen molar-refractivity contribution in [2.45, 2.75) is 89.9 Å².